The minimum absolute atomic E-state index is 0.571. The molecule has 2 heterocycles. The van der Waals surface area contributed by atoms with Crippen LogP contribution in [0, 0.1) is 0 Å². The highest BCUT2D eigenvalue weighted by atomic mass is 16.6. The quantitative estimate of drug-likeness (QED) is 0.616. The molecule has 1 aliphatic heterocycles. The van der Waals surface area contributed by atoms with E-state index in [1.165, 1.54) is 18.4 Å². The summed E-state index contributed by atoms with van der Waals surface area (Å²) in [5.74, 6) is 0. The third-order valence-electron chi connectivity index (χ3n) is 1.97. The molecule has 2 rings (SSSR count). The molecule has 2 heteroatoms. The number of rotatable bonds is 4. The summed E-state index contributed by atoms with van der Waals surface area (Å²) in [5.41, 5.74) is 1.30. The molecule has 11 heavy (non-hydrogen) atoms. The van der Waals surface area contributed by atoms with Crippen molar-refractivity contribution in [3.63, 3.8) is 0 Å². The minimum atomic E-state index is 0.571. The normalized spacial score (nSPS) is 22.0. The van der Waals surface area contributed by atoms with Crippen LogP contribution >= 0.6 is 0 Å². The molecule has 0 spiro atoms. The van der Waals surface area contributed by atoms with Crippen LogP contribution in [0.25, 0.3) is 0 Å². The molecule has 0 saturated carbocycles. The van der Waals surface area contributed by atoms with Crippen LogP contribution in [0.3, 0.4) is 0 Å². The van der Waals surface area contributed by atoms with E-state index in [4.69, 9.17) is 9.15 Å². The second-order valence-corrected chi connectivity index (χ2v) is 2.98. The first-order valence-corrected chi connectivity index (χ1v) is 4.08. The maximum Gasteiger partial charge on any atom is 0.0934 e. The molecule has 0 aliphatic carbocycles. The fourth-order valence-electron chi connectivity index (χ4n) is 1.20. The van der Waals surface area contributed by atoms with Crippen molar-refractivity contribution in [3.05, 3.63) is 24.2 Å². The van der Waals surface area contributed by atoms with Crippen molar-refractivity contribution in [2.45, 2.75) is 25.4 Å². The molecule has 1 aromatic rings. The molecule has 60 valence electrons. The lowest BCUT2D eigenvalue weighted by Gasteiger charge is -1.93. The fourth-order valence-corrected chi connectivity index (χ4v) is 1.20. The summed E-state index contributed by atoms with van der Waals surface area (Å²) in [6.45, 7) is 0.978. The average Bonchev–Trinajstić information content (AvgIpc) is 2.66. The first-order valence-electron chi connectivity index (χ1n) is 4.08. The number of ether oxygens (including phenoxy) is 1. The van der Waals surface area contributed by atoms with Gasteiger partial charge in [-0.15, -0.1) is 0 Å². The van der Waals surface area contributed by atoms with Crippen molar-refractivity contribution in [1.82, 2.24) is 0 Å². The topological polar surface area (TPSA) is 25.7 Å². The van der Waals surface area contributed by atoms with Crippen LogP contribution in [-0.4, -0.2) is 12.7 Å². The summed E-state index contributed by atoms with van der Waals surface area (Å²) in [5, 5.41) is 0. The van der Waals surface area contributed by atoms with Crippen LogP contribution in [0.5, 0.6) is 0 Å². The van der Waals surface area contributed by atoms with Crippen LogP contribution in [0.15, 0.2) is 23.0 Å². The van der Waals surface area contributed by atoms with Crippen molar-refractivity contribution in [1.29, 1.82) is 0 Å². The summed E-state index contributed by atoms with van der Waals surface area (Å²) in [6.07, 6.45) is 7.64. The van der Waals surface area contributed by atoms with E-state index >= 15 is 0 Å². The smallest absolute Gasteiger partial charge is 0.0934 e. The fraction of sp³-hybridized carbons (Fsp3) is 0.556. The van der Waals surface area contributed by atoms with E-state index in [-0.39, 0.29) is 0 Å². The highest BCUT2D eigenvalue weighted by Crippen LogP contribution is 2.17. The third-order valence-corrected chi connectivity index (χ3v) is 1.97. The van der Waals surface area contributed by atoms with Crippen LogP contribution < -0.4 is 0 Å². The molecule has 1 aliphatic rings. The zero-order valence-electron chi connectivity index (χ0n) is 6.45. The standard InChI is InChI=1S/C9H12O2/c1(3-9-7-11-9)2-8-4-5-10-6-8/h4-6,9H,1-3,7H2. The zero-order valence-corrected chi connectivity index (χ0v) is 6.45. The zero-order chi connectivity index (χ0) is 7.52. The van der Waals surface area contributed by atoms with Crippen LogP contribution in [0.4, 0.5) is 0 Å². The molecular weight excluding hydrogens is 140 g/mol. The van der Waals surface area contributed by atoms with Gasteiger partial charge in [0.05, 0.1) is 25.2 Å². The molecule has 0 radical (unpaired) electrons. The lowest BCUT2D eigenvalue weighted by molar-refractivity contribution is 0.392. The van der Waals surface area contributed by atoms with Crippen LogP contribution in [0.2, 0.25) is 0 Å². The maximum absolute atomic E-state index is 5.10. The predicted molar refractivity (Wildman–Crippen MR) is 41.4 cm³/mol. The van der Waals surface area contributed by atoms with Crippen molar-refractivity contribution in [2.24, 2.45) is 0 Å². The van der Waals surface area contributed by atoms with Gasteiger partial charge < -0.3 is 9.15 Å². The van der Waals surface area contributed by atoms with Gasteiger partial charge in [-0.1, -0.05) is 0 Å². The van der Waals surface area contributed by atoms with E-state index in [0.717, 1.165) is 13.0 Å². The average molecular weight is 152 g/mol. The van der Waals surface area contributed by atoms with Gasteiger partial charge in [-0.05, 0) is 30.9 Å². The summed E-state index contributed by atoms with van der Waals surface area (Å²) < 4.78 is 10.1. The van der Waals surface area contributed by atoms with E-state index < -0.39 is 0 Å². The number of aryl methyl sites for hydroxylation is 1. The van der Waals surface area contributed by atoms with E-state index in [1.54, 1.807) is 6.26 Å². The molecular formula is C9H12O2. The monoisotopic (exact) mass is 152 g/mol. The van der Waals surface area contributed by atoms with Crippen LogP contribution in [0.1, 0.15) is 18.4 Å². The molecule has 0 amide bonds. The lowest BCUT2D eigenvalue weighted by atomic mass is 10.1. The van der Waals surface area contributed by atoms with Gasteiger partial charge in [0.25, 0.3) is 0 Å². The van der Waals surface area contributed by atoms with Crippen molar-refractivity contribution in [3.8, 4) is 0 Å². The first-order chi connectivity index (χ1) is 5.45. The molecule has 0 aromatic carbocycles. The SMILES string of the molecule is c1cc(CCCC2CO2)co1. The van der Waals surface area contributed by atoms with Crippen LogP contribution in [-0.2, 0) is 11.2 Å². The maximum atomic E-state index is 5.10. The summed E-state index contributed by atoms with van der Waals surface area (Å²) >= 11 is 0. The molecule has 0 N–H and O–H groups in total. The van der Waals surface area contributed by atoms with E-state index in [1.807, 2.05) is 12.3 Å². The Morgan fingerprint density at radius 2 is 2.45 bits per heavy atom. The predicted octanol–water partition coefficient (Wildman–Crippen LogP) is 2.00. The summed E-state index contributed by atoms with van der Waals surface area (Å²) in [6, 6.07) is 2.02. The van der Waals surface area contributed by atoms with Gasteiger partial charge in [0, 0.05) is 0 Å². The second-order valence-electron chi connectivity index (χ2n) is 2.98. The Morgan fingerprint density at radius 3 is 3.09 bits per heavy atom. The Labute approximate surface area is 66.2 Å². The first kappa shape index (κ1) is 6.92. The number of furan rings is 1. The molecule has 1 saturated heterocycles. The summed E-state index contributed by atoms with van der Waals surface area (Å²) in [4.78, 5) is 0. The molecule has 0 bridgehead atoms. The Balaban J connectivity index is 1.66. The largest absolute Gasteiger partial charge is 0.472 e. The molecule has 2 nitrogen and oxygen atoms in total. The van der Waals surface area contributed by atoms with E-state index in [0.29, 0.717) is 6.10 Å². The van der Waals surface area contributed by atoms with Crippen molar-refractivity contribution >= 4 is 0 Å². The van der Waals surface area contributed by atoms with E-state index in [9.17, 15) is 0 Å². The van der Waals surface area contributed by atoms with Gasteiger partial charge in [-0.25, -0.2) is 0 Å². The van der Waals surface area contributed by atoms with Gasteiger partial charge in [-0.2, -0.15) is 0 Å². The summed E-state index contributed by atoms with van der Waals surface area (Å²) in [7, 11) is 0. The highest BCUT2D eigenvalue weighted by Gasteiger charge is 2.21. The number of hydrogen-bond donors (Lipinski definition) is 0. The Hall–Kier alpha value is -0.760. The van der Waals surface area contributed by atoms with Crippen molar-refractivity contribution in [2.75, 3.05) is 6.61 Å². The number of epoxide rings is 1. The van der Waals surface area contributed by atoms with Gasteiger partial charge in [0.2, 0.25) is 0 Å². The lowest BCUT2D eigenvalue weighted by Crippen LogP contribution is -1.87. The molecule has 1 fully saturated rings. The molecule has 1 aromatic heterocycles. The van der Waals surface area contributed by atoms with Gasteiger partial charge in [0.15, 0.2) is 0 Å². The Morgan fingerprint density at radius 1 is 1.55 bits per heavy atom. The number of hydrogen-bond acceptors (Lipinski definition) is 2. The third kappa shape index (κ3) is 2.09. The molecule has 1 unspecified atom stereocenters. The van der Waals surface area contributed by atoms with E-state index in [2.05, 4.69) is 0 Å². The van der Waals surface area contributed by atoms with Gasteiger partial charge >= 0.3 is 0 Å². The van der Waals surface area contributed by atoms with Gasteiger partial charge in [0.1, 0.15) is 0 Å². The molecule has 1 atom stereocenters. The van der Waals surface area contributed by atoms with Gasteiger partial charge in [-0.3, -0.25) is 0 Å². The second kappa shape index (κ2) is 3.09. The van der Waals surface area contributed by atoms with Crippen molar-refractivity contribution < 1.29 is 9.15 Å². The Bertz CT molecular complexity index is 199. The Kier molecular flexibility index (Phi) is 1.95. The minimum Gasteiger partial charge on any atom is -0.472 e. The highest BCUT2D eigenvalue weighted by molar-refractivity contribution is 5.04.